The van der Waals surface area contributed by atoms with Crippen LogP contribution in [0.25, 0.3) is 0 Å². The quantitative estimate of drug-likeness (QED) is 0.782. The number of rotatable bonds is 5. The lowest BCUT2D eigenvalue weighted by atomic mass is 10.3. The van der Waals surface area contributed by atoms with Crippen molar-refractivity contribution >= 4 is 20.0 Å². The summed E-state index contributed by atoms with van der Waals surface area (Å²) in [5.74, 6) is -0.974. The predicted molar refractivity (Wildman–Crippen MR) is 61.5 cm³/mol. The highest BCUT2D eigenvalue weighted by atomic mass is 32.2. The molecule has 0 aliphatic rings. The van der Waals surface area contributed by atoms with E-state index in [2.05, 4.69) is 0 Å². The highest BCUT2D eigenvalue weighted by Crippen LogP contribution is 2.16. The number of sulfone groups is 1. The van der Waals surface area contributed by atoms with Gasteiger partial charge in [0.15, 0.2) is 9.84 Å². The summed E-state index contributed by atoms with van der Waals surface area (Å²) in [5, 5.41) is 0. The Morgan fingerprint density at radius 3 is 2.00 bits per heavy atom. The van der Waals surface area contributed by atoms with Crippen LogP contribution in [0.15, 0.2) is 29.2 Å². The van der Waals surface area contributed by atoms with E-state index >= 15 is 0 Å². The maximum atomic E-state index is 11.7. The molecule has 8 heteroatoms. The summed E-state index contributed by atoms with van der Waals surface area (Å²) >= 11 is 0. The molecule has 0 heterocycles. The van der Waals surface area contributed by atoms with Gasteiger partial charge < -0.3 is 4.74 Å². The summed E-state index contributed by atoms with van der Waals surface area (Å²) in [5.41, 5.74) is 0. The number of ether oxygens (including phenoxy) is 1. The van der Waals surface area contributed by atoms with Gasteiger partial charge in [-0.25, -0.2) is 8.42 Å². The summed E-state index contributed by atoms with van der Waals surface area (Å²) < 4.78 is 57.6. The molecule has 0 aliphatic carbocycles. The minimum absolute atomic E-state index is 0.0121. The molecule has 1 N–H and O–H groups in total. The van der Waals surface area contributed by atoms with Gasteiger partial charge in [-0.3, -0.25) is 4.55 Å². The standard InChI is InChI=1S/C9H12O6S2/c1-15-8-2-4-9(5-3-8)16(10,11)6-7-17(12,13)14/h2-5H,6-7H2,1H3,(H,12,13,14). The van der Waals surface area contributed by atoms with Crippen LogP contribution in [0.1, 0.15) is 0 Å². The Morgan fingerprint density at radius 2 is 1.59 bits per heavy atom. The fraction of sp³-hybridized carbons (Fsp3) is 0.333. The number of hydrogen-bond donors (Lipinski definition) is 1. The van der Waals surface area contributed by atoms with E-state index in [1.54, 1.807) is 0 Å². The van der Waals surface area contributed by atoms with E-state index in [1.165, 1.54) is 31.4 Å². The highest BCUT2D eigenvalue weighted by molar-refractivity contribution is 7.93. The van der Waals surface area contributed by atoms with Crippen molar-refractivity contribution in [1.29, 1.82) is 0 Å². The number of benzene rings is 1. The molecule has 0 aromatic heterocycles. The summed E-state index contributed by atoms with van der Waals surface area (Å²) in [6.07, 6.45) is 0. The Balaban J connectivity index is 2.90. The smallest absolute Gasteiger partial charge is 0.265 e. The van der Waals surface area contributed by atoms with Crippen LogP contribution in [-0.4, -0.2) is 40.0 Å². The van der Waals surface area contributed by atoms with Crippen molar-refractivity contribution in [3.63, 3.8) is 0 Å². The van der Waals surface area contributed by atoms with E-state index in [1.807, 2.05) is 0 Å². The van der Waals surface area contributed by atoms with E-state index in [0.717, 1.165) is 0 Å². The predicted octanol–water partition coefficient (Wildman–Crippen LogP) is 0.357. The summed E-state index contributed by atoms with van der Waals surface area (Å²) in [6, 6.07) is 5.55. The van der Waals surface area contributed by atoms with E-state index in [-0.39, 0.29) is 4.90 Å². The SMILES string of the molecule is COc1ccc(S(=O)(=O)CCS(=O)(=O)O)cc1. The van der Waals surface area contributed by atoms with Gasteiger partial charge in [0.05, 0.1) is 23.5 Å². The first-order valence-corrected chi connectivity index (χ1v) is 7.83. The molecule has 1 aromatic carbocycles. The van der Waals surface area contributed by atoms with Crippen molar-refractivity contribution in [2.75, 3.05) is 18.6 Å². The first-order chi connectivity index (χ1) is 7.74. The zero-order chi connectivity index (χ0) is 13.1. The minimum atomic E-state index is -4.28. The molecule has 1 aromatic rings. The van der Waals surface area contributed by atoms with E-state index < -0.39 is 31.5 Å². The molecule has 6 nitrogen and oxygen atoms in total. The van der Waals surface area contributed by atoms with Gasteiger partial charge in [-0.1, -0.05) is 0 Å². The summed E-state index contributed by atoms with van der Waals surface area (Å²) in [7, 11) is -6.55. The Kier molecular flexibility index (Phi) is 4.12. The van der Waals surface area contributed by atoms with Crippen LogP contribution in [0.4, 0.5) is 0 Å². The van der Waals surface area contributed by atoms with Crippen LogP contribution in [0.2, 0.25) is 0 Å². The third kappa shape index (κ3) is 4.33. The van der Waals surface area contributed by atoms with Crippen LogP contribution < -0.4 is 4.74 Å². The van der Waals surface area contributed by atoms with Crippen molar-refractivity contribution in [3.05, 3.63) is 24.3 Å². The van der Waals surface area contributed by atoms with E-state index in [0.29, 0.717) is 5.75 Å². The van der Waals surface area contributed by atoms with Gasteiger partial charge in [0.1, 0.15) is 5.75 Å². The molecule has 0 radical (unpaired) electrons. The number of hydrogen-bond acceptors (Lipinski definition) is 5. The molecule has 0 bridgehead atoms. The lowest BCUT2D eigenvalue weighted by molar-refractivity contribution is 0.414. The van der Waals surface area contributed by atoms with Crippen molar-refractivity contribution in [3.8, 4) is 5.75 Å². The molecule has 0 spiro atoms. The Labute approximate surface area is 99.9 Å². The fourth-order valence-electron chi connectivity index (χ4n) is 1.12. The van der Waals surface area contributed by atoms with Gasteiger partial charge in [-0.15, -0.1) is 0 Å². The normalized spacial score (nSPS) is 12.4. The molecule has 0 saturated heterocycles. The van der Waals surface area contributed by atoms with E-state index in [9.17, 15) is 16.8 Å². The minimum Gasteiger partial charge on any atom is -0.497 e. The molecule has 1 rings (SSSR count). The van der Waals surface area contributed by atoms with Crippen LogP contribution >= 0.6 is 0 Å². The average Bonchev–Trinajstić information content (AvgIpc) is 2.26. The zero-order valence-corrected chi connectivity index (χ0v) is 10.7. The van der Waals surface area contributed by atoms with Crippen LogP contribution in [0, 0.1) is 0 Å². The van der Waals surface area contributed by atoms with Gasteiger partial charge in [-0.05, 0) is 24.3 Å². The van der Waals surface area contributed by atoms with Crippen molar-refractivity contribution in [1.82, 2.24) is 0 Å². The molecule has 0 saturated carbocycles. The zero-order valence-electron chi connectivity index (χ0n) is 9.03. The summed E-state index contributed by atoms with van der Waals surface area (Å²) in [6.45, 7) is 0. The average molecular weight is 280 g/mol. The lowest BCUT2D eigenvalue weighted by Gasteiger charge is -2.04. The maximum Gasteiger partial charge on any atom is 0.265 e. The van der Waals surface area contributed by atoms with Crippen molar-refractivity contribution < 1.29 is 26.1 Å². The number of methoxy groups -OCH3 is 1. The van der Waals surface area contributed by atoms with Crippen LogP contribution in [-0.2, 0) is 20.0 Å². The maximum absolute atomic E-state index is 11.7. The molecule has 0 atom stereocenters. The second-order valence-corrected chi connectivity index (χ2v) is 6.96. The second kappa shape index (κ2) is 5.03. The molecule has 0 amide bonds. The van der Waals surface area contributed by atoms with Gasteiger partial charge in [0.25, 0.3) is 10.1 Å². The monoisotopic (exact) mass is 280 g/mol. The molecule has 0 unspecified atom stereocenters. The first-order valence-electron chi connectivity index (χ1n) is 4.56. The highest BCUT2D eigenvalue weighted by Gasteiger charge is 2.18. The molecule has 17 heavy (non-hydrogen) atoms. The topological polar surface area (TPSA) is 97.7 Å². The van der Waals surface area contributed by atoms with Gasteiger partial charge in [0.2, 0.25) is 0 Å². The fourth-order valence-corrected chi connectivity index (χ4v) is 3.62. The molecular formula is C9H12O6S2. The van der Waals surface area contributed by atoms with Gasteiger partial charge in [0, 0.05) is 0 Å². The Bertz CT molecular complexity index is 570. The largest absolute Gasteiger partial charge is 0.497 e. The first kappa shape index (κ1) is 13.9. The van der Waals surface area contributed by atoms with Crippen LogP contribution in [0.5, 0.6) is 5.75 Å². The van der Waals surface area contributed by atoms with E-state index in [4.69, 9.17) is 9.29 Å². The van der Waals surface area contributed by atoms with Crippen molar-refractivity contribution in [2.45, 2.75) is 4.90 Å². The third-order valence-corrected chi connectivity index (χ3v) is 4.74. The molecular weight excluding hydrogens is 268 g/mol. The lowest BCUT2D eigenvalue weighted by Crippen LogP contribution is -2.16. The van der Waals surface area contributed by atoms with Gasteiger partial charge >= 0.3 is 0 Å². The molecule has 96 valence electrons. The molecule has 0 fully saturated rings. The van der Waals surface area contributed by atoms with Crippen LogP contribution in [0.3, 0.4) is 0 Å². The van der Waals surface area contributed by atoms with Crippen molar-refractivity contribution in [2.24, 2.45) is 0 Å². The van der Waals surface area contributed by atoms with Gasteiger partial charge in [-0.2, -0.15) is 8.42 Å². The third-order valence-electron chi connectivity index (χ3n) is 2.03. The Morgan fingerprint density at radius 1 is 1.06 bits per heavy atom. The summed E-state index contributed by atoms with van der Waals surface area (Å²) in [4.78, 5) is -0.0121. The second-order valence-electron chi connectivity index (χ2n) is 3.28. The Hall–Kier alpha value is -1.12. The molecule has 0 aliphatic heterocycles.